The molecular weight excluding hydrogens is 392 g/mol. The smallest absolute Gasteiger partial charge is 0.262 e. The molecule has 1 N–H and O–H groups in total. The second-order valence-electron chi connectivity index (χ2n) is 8.00. The van der Waals surface area contributed by atoms with E-state index in [1.54, 1.807) is 11.8 Å². The van der Waals surface area contributed by atoms with E-state index in [4.69, 9.17) is 4.74 Å². The average molecular weight is 423 g/mol. The van der Waals surface area contributed by atoms with Crippen LogP contribution < -0.4 is 10.1 Å². The van der Waals surface area contributed by atoms with Gasteiger partial charge in [0, 0.05) is 17.3 Å². The summed E-state index contributed by atoms with van der Waals surface area (Å²) in [5, 5.41) is 3.59. The van der Waals surface area contributed by atoms with Crippen LogP contribution in [0.4, 0.5) is 5.69 Å². The van der Waals surface area contributed by atoms with Gasteiger partial charge in [-0.25, -0.2) is 0 Å². The van der Waals surface area contributed by atoms with Crippen molar-refractivity contribution in [3.8, 4) is 5.75 Å². The molecule has 0 bridgehead atoms. The molecular formula is C25H30N2O2S. The zero-order valence-electron chi connectivity index (χ0n) is 17.7. The number of amides is 1. The van der Waals surface area contributed by atoms with Crippen LogP contribution in [0.15, 0.2) is 59.5 Å². The Morgan fingerprint density at radius 1 is 1.10 bits per heavy atom. The van der Waals surface area contributed by atoms with Crippen molar-refractivity contribution in [3.63, 3.8) is 0 Å². The lowest BCUT2D eigenvalue weighted by Crippen LogP contribution is -2.48. The highest BCUT2D eigenvalue weighted by Crippen LogP contribution is 2.42. The van der Waals surface area contributed by atoms with E-state index >= 15 is 0 Å². The first-order valence-corrected chi connectivity index (χ1v) is 11.8. The third kappa shape index (κ3) is 4.51. The third-order valence-corrected chi connectivity index (χ3v) is 7.04. The summed E-state index contributed by atoms with van der Waals surface area (Å²) < 4.78 is 5.77. The SMILES string of the molecule is CCOc1ccccc1/C=C1\SC(Nc2ccccc2)N([C@@H]2CCCC[C@@H]2C)C1=O. The summed E-state index contributed by atoms with van der Waals surface area (Å²) in [5.41, 5.74) is 1.88. The molecule has 1 aliphatic heterocycles. The molecule has 0 radical (unpaired) electrons. The predicted octanol–water partition coefficient (Wildman–Crippen LogP) is 5.98. The van der Waals surface area contributed by atoms with E-state index in [-0.39, 0.29) is 17.4 Å². The number of nitrogens with one attached hydrogen (secondary N) is 1. The summed E-state index contributed by atoms with van der Waals surface area (Å²) in [6.45, 7) is 4.87. The highest BCUT2D eigenvalue weighted by atomic mass is 32.2. The summed E-state index contributed by atoms with van der Waals surface area (Å²) in [6.07, 6.45) is 6.69. The van der Waals surface area contributed by atoms with E-state index in [9.17, 15) is 4.79 Å². The van der Waals surface area contributed by atoms with Crippen molar-refractivity contribution in [2.75, 3.05) is 11.9 Å². The third-order valence-electron chi connectivity index (χ3n) is 5.93. The molecule has 1 saturated heterocycles. The summed E-state index contributed by atoms with van der Waals surface area (Å²) >= 11 is 1.61. The van der Waals surface area contributed by atoms with Gasteiger partial charge in [0.15, 0.2) is 5.50 Å². The van der Waals surface area contributed by atoms with E-state index in [1.165, 1.54) is 19.3 Å². The second kappa shape index (κ2) is 9.61. The largest absolute Gasteiger partial charge is 0.493 e. The fraction of sp³-hybridized carbons (Fsp3) is 0.400. The lowest BCUT2D eigenvalue weighted by molar-refractivity contribution is -0.129. The van der Waals surface area contributed by atoms with Gasteiger partial charge in [0.1, 0.15) is 5.75 Å². The molecule has 0 aromatic heterocycles. The summed E-state index contributed by atoms with van der Waals surface area (Å²) in [6, 6.07) is 18.4. The molecule has 30 heavy (non-hydrogen) atoms. The highest BCUT2D eigenvalue weighted by Gasteiger charge is 2.42. The molecule has 2 aromatic rings. The van der Waals surface area contributed by atoms with E-state index < -0.39 is 0 Å². The lowest BCUT2D eigenvalue weighted by Gasteiger charge is -2.39. The van der Waals surface area contributed by atoms with Crippen molar-refractivity contribution in [1.29, 1.82) is 0 Å². The first kappa shape index (κ1) is 20.9. The van der Waals surface area contributed by atoms with Crippen molar-refractivity contribution >= 4 is 29.4 Å². The Kier molecular flexibility index (Phi) is 6.68. The highest BCUT2D eigenvalue weighted by molar-refractivity contribution is 8.05. The van der Waals surface area contributed by atoms with Crippen LogP contribution in [0.2, 0.25) is 0 Å². The number of nitrogens with zero attached hydrogens (tertiary/aromatic N) is 1. The maximum absolute atomic E-state index is 13.6. The van der Waals surface area contributed by atoms with Crippen molar-refractivity contribution < 1.29 is 9.53 Å². The Morgan fingerprint density at radius 2 is 1.83 bits per heavy atom. The first-order chi connectivity index (χ1) is 14.7. The van der Waals surface area contributed by atoms with Gasteiger partial charge < -0.3 is 15.0 Å². The van der Waals surface area contributed by atoms with Crippen LogP contribution in [0.3, 0.4) is 0 Å². The molecule has 1 aliphatic carbocycles. The number of carbonyl (C=O) groups excluding carboxylic acids is 1. The average Bonchev–Trinajstić information content (AvgIpc) is 3.05. The fourth-order valence-corrected chi connectivity index (χ4v) is 5.60. The number of hydrogen-bond donors (Lipinski definition) is 1. The predicted molar refractivity (Wildman–Crippen MR) is 125 cm³/mol. The fourth-order valence-electron chi connectivity index (χ4n) is 4.40. The van der Waals surface area contributed by atoms with Crippen LogP contribution in [-0.4, -0.2) is 29.0 Å². The van der Waals surface area contributed by atoms with Crippen LogP contribution in [0.1, 0.15) is 45.1 Å². The Hall–Kier alpha value is -2.40. The van der Waals surface area contributed by atoms with Crippen LogP contribution in [0.25, 0.3) is 6.08 Å². The molecule has 158 valence electrons. The van der Waals surface area contributed by atoms with Crippen LogP contribution in [0, 0.1) is 5.92 Å². The molecule has 1 unspecified atom stereocenters. The molecule has 3 atom stereocenters. The molecule has 2 aliphatic rings. The molecule has 1 amide bonds. The molecule has 2 fully saturated rings. The Bertz CT molecular complexity index is 899. The van der Waals surface area contributed by atoms with Crippen molar-refractivity contribution in [1.82, 2.24) is 4.90 Å². The molecule has 0 spiro atoms. The number of benzene rings is 2. The monoisotopic (exact) mass is 422 g/mol. The number of carbonyl (C=O) groups is 1. The minimum Gasteiger partial charge on any atom is -0.493 e. The van der Waals surface area contributed by atoms with Gasteiger partial charge in [-0.05, 0) is 50.0 Å². The molecule has 4 rings (SSSR count). The Morgan fingerprint density at radius 3 is 2.60 bits per heavy atom. The van der Waals surface area contributed by atoms with E-state index in [2.05, 4.69) is 29.3 Å². The van der Waals surface area contributed by atoms with E-state index in [0.717, 1.165) is 28.3 Å². The van der Waals surface area contributed by atoms with Crippen LogP contribution >= 0.6 is 11.8 Å². The zero-order chi connectivity index (χ0) is 20.9. The number of anilines is 1. The van der Waals surface area contributed by atoms with Gasteiger partial charge in [-0.1, -0.05) is 67.9 Å². The van der Waals surface area contributed by atoms with Crippen molar-refractivity contribution in [2.24, 2.45) is 5.92 Å². The maximum Gasteiger partial charge on any atom is 0.262 e. The minimum absolute atomic E-state index is 0.101. The molecule has 2 aromatic carbocycles. The molecule has 1 saturated carbocycles. The number of hydrogen-bond acceptors (Lipinski definition) is 4. The topological polar surface area (TPSA) is 41.6 Å². The van der Waals surface area contributed by atoms with Gasteiger partial charge in [-0.2, -0.15) is 0 Å². The number of ether oxygens (including phenoxy) is 1. The van der Waals surface area contributed by atoms with Crippen molar-refractivity contribution in [2.45, 2.75) is 51.1 Å². The number of para-hydroxylation sites is 2. The zero-order valence-corrected chi connectivity index (χ0v) is 18.5. The molecule has 1 heterocycles. The van der Waals surface area contributed by atoms with Crippen LogP contribution in [-0.2, 0) is 4.79 Å². The van der Waals surface area contributed by atoms with Gasteiger partial charge >= 0.3 is 0 Å². The standard InChI is InChI=1S/C25H30N2O2S/c1-3-29-22-16-10-8-12-19(22)17-23-24(28)27(21-15-9-7-11-18(21)2)25(30-23)26-20-13-5-4-6-14-20/h4-6,8,10,12-14,16-18,21,25-26H,3,7,9,11,15H2,1-2H3/b23-17-/t18-,21+,25?/m0/s1. The quantitative estimate of drug-likeness (QED) is 0.582. The minimum atomic E-state index is -0.101. The summed E-state index contributed by atoms with van der Waals surface area (Å²) in [7, 11) is 0. The summed E-state index contributed by atoms with van der Waals surface area (Å²) in [5.74, 6) is 1.45. The lowest BCUT2D eigenvalue weighted by atomic mass is 9.85. The number of rotatable bonds is 6. The van der Waals surface area contributed by atoms with Gasteiger partial charge in [-0.15, -0.1) is 0 Å². The maximum atomic E-state index is 13.6. The first-order valence-electron chi connectivity index (χ1n) is 10.9. The second-order valence-corrected chi connectivity index (χ2v) is 9.12. The van der Waals surface area contributed by atoms with Crippen molar-refractivity contribution in [3.05, 3.63) is 65.1 Å². The number of thioether (sulfide) groups is 1. The summed E-state index contributed by atoms with van der Waals surface area (Å²) in [4.78, 5) is 16.4. The molecule has 5 heteroatoms. The molecule has 4 nitrogen and oxygen atoms in total. The van der Waals surface area contributed by atoms with E-state index in [0.29, 0.717) is 12.5 Å². The van der Waals surface area contributed by atoms with Crippen LogP contribution in [0.5, 0.6) is 5.75 Å². The van der Waals surface area contributed by atoms with Gasteiger partial charge in [0.05, 0.1) is 11.5 Å². The van der Waals surface area contributed by atoms with Gasteiger partial charge in [-0.3, -0.25) is 4.79 Å². The Labute approximate surface area is 183 Å². The normalized spacial score (nSPS) is 25.5. The van der Waals surface area contributed by atoms with Gasteiger partial charge in [0.2, 0.25) is 0 Å². The van der Waals surface area contributed by atoms with Gasteiger partial charge in [0.25, 0.3) is 5.91 Å². The van der Waals surface area contributed by atoms with E-state index in [1.807, 2.05) is 55.5 Å². The Balaban J connectivity index is 1.66.